The van der Waals surface area contributed by atoms with Crippen LogP contribution in [0.15, 0.2) is 42.5 Å². The summed E-state index contributed by atoms with van der Waals surface area (Å²) in [6, 6.07) is 12.0. The Morgan fingerprint density at radius 2 is 1.77 bits per heavy atom. The maximum absolute atomic E-state index is 14.6. The Morgan fingerprint density at radius 3 is 2.38 bits per heavy atom. The number of rotatable bonds is 4. The van der Waals surface area contributed by atoms with Gasteiger partial charge in [0.2, 0.25) is 0 Å². The first-order valence-electron chi connectivity index (χ1n) is 9.38. The Balaban J connectivity index is 1.68. The second-order valence-corrected chi connectivity index (χ2v) is 8.34. The summed E-state index contributed by atoms with van der Waals surface area (Å²) >= 11 is 0. The highest BCUT2D eigenvalue weighted by Gasteiger charge is 2.30. The van der Waals surface area contributed by atoms with Crippen molar-refractivity contribution in [2.45, 2.75) is 52.6 Å². The predicted molar refractivity (Wildman–Crippen MR) is 103 cm³/mol. The van der Waals surface area contributed by atoms with Crippen LogP contribution in [0.25, 0.3) is 11.1 Å². The second-order valence-electron chi connectivity index (χ2n) is 8.34. The summed E-state index contributed by atoms with van der Waals surface area (Å²) in [6.07, 6.45) is 5.30. The molecule has 0 N–H and O–H groups in total. The fourth-order valence-electron chi connectivity index (χ4n) is 3.82. The zero-order chi connectivity index (χ0) is 18.7. The topological polar surface area (TPSA) is 26.3 Å². The quantitative estimate of drug-likeness (QED) is 0.603. The molecule has 2 nitrogen and oxygen atoms in total. The normalized spacial score (nSPS) is 20.6. The summed E-state index contributed by atoms with van der Waals surface area (Å²) in [7, 11) is 0. The zero-order valence-corrected chi connectivity index (χ0v) is 15.8. The van der Waals surface area contributed by atoms with E-state index in [1.807, 2.05) is 6.07 Å². The molecule has 26 heavy (non-hydrogen) atoms. The van der Waals surface area contributed by atoms with Crippen molar-refractivity contribution in [3.63, 3.8) is 0 Å². The van der Waals surface area contributed by atoms with E-state index in [1.165, 1.54) is 6.07 Å². The number of halogens is 1. The maximum Gasteiger partial charge on any atom is 0.150 e. The Labute approximate surface area is 155 Å². The van der Waals surface area contributed by atoms with Gasteiger partial charge in [-0.15, -0.1) is 0 Å². The molecule has 0 spiro atoms. The molecule has 0 unspecified atom stereocenters. The van der Waals surface area contributed by atoms with Crippen LogP contribution in [0.4, 0.5) is 4.39 Å². The van der Waals surface area contributed by atoms with Gasteiger partial charge in [0.25, 0.3) is 0 Å². The van der Waals surface area contributed by atoms with Crippen LogP contribution in [0.2, 0.25) is 0 Å². The molecule has 0 amide bonds. The zero-order valence-electron chi connectivity index (χ0n) is 15.8. The molecular formula is C23H27FO2. The lowest BCUT2D eigenvalue weighted by atomic mass is 9.72. The predicted octanol–water partition coefficient (Wildman–Crippen LogP) is 6.29. The minimum Gasteiger partial charge on any atom is -0.490 e. The highest BCUT2D eigenvalue weighted by Crippen LogP contribution is 2.39. The Bertz CT molecular complexity index is 768. The van der Waals surface area contributed by atoms with Crippen LogP contribution in [0.1, 0.15) is 56.8 Å². The summed E-state index contributed by atoms with van der Waals surface area (Å²) in [4.78, 5) is 10.9. The van der Waals surface area contributed by atoms with Gasteiger partial charge in [0.1, 0.15) is 17.9 Å². The highest BCUT2D eigenvalue weighted by atomic mass is 19.1. The Kier molecular flexibility index (Phi) is 5.45. The molecule has 0 aromatic heterocycles. The van der Waals surface area contributed by atoms with E-state index in [2.05, 4.69) is 20.8 Å². The molecule has 1 fully saturated rings. The first kappa shape index (κ1) is 18.6. The number of ether oxygens (including phenoxy) is 1. The van der Waals surface area contributed by atoms with Crippen LogP contribution in [0.3, 0.4) is 0 Å². The third kappa shape index (κ3) is 4.32. The van der Waals surface area contributed by atoms with Gasteiger partial charge < -0.3 is 4.74 Å². The van der Waals surface area contributed by atoms with Gasteiger partial charge in [-0.1, -0.05) is 39.0 Å². The molecule has 3 heteroatoms. The van der Waals surface area contributed by atoms with Crippen molar-refractivity contribution in [2.24, 2.45) is 11.3 Å². The van der Waals surface area contributed by atoms with Crippen molar-refractivity contribution in [2.75, 3.05) is 0 Å². The van der Waals surface area contributed by atoms with E-state index in [0.717, 1.165) is 37.9 Å². The molecule has 1 saturated carbocycles. The van der Waals surface area contributed by atoms with Gasteiger partial charge in [-0.3, -0.25) is 4.79 Å². The van der Waals surface area contributed by atoms with Gasteiger partial charge in [0.05, 0.1) is 6.10 Å². The number of aldehydes is 1. The smallest absolute Gasteiger partial charge is 0.150 e. The number of carbonyl (C=O) groups is 1. The SMILES string of the molecule is CC(C)(C)C1CCC(Oc2ccc(-c3cccc(C=O)c3)c(F)c2)CC1. The van der Waals surface area contributed by atoms with Crippen LogP contribution in [0.5, 0.6) is 5.75 Å². The summed E-state index contributed by atoms with van der Waals surface area (Å²) < 4.78 is 20.6. The molecule has 0 aliphatic heterocycles. The van der Waals surface area contributed by atoms with Gasteiger partial charge >= 0.3 is 0 Å². The summed E-state index contributed by atoms with van der Waals surface area (Å²) in [5.74, 6) is 0.984. The van der Waals surface area contributed by atoms with Gasteiger partial charge in [0, 0.05) is 17.2 Å². The minimum atomic E-state index is -0.325. The van der Waals surface area contributed by atoms with E-state index in [4.69, 9.17) is 4.74 Å². The number of benzene rings is 2. The lowest BCUT2D eigenvalue weighted by Crippen LogP contribution is -2.30. The van der Waals surface area contributed by atoms with Crippen molar-refractivity contribution >= 4 is 6.29 Å². The van der Waals surface area contributed by atoms with Crippen molar-refractivity contribution in [3.05, 3.63) is 53.8 Å². The maximum atomic E-state index is 14.6. The van der Waals surface area contributed by atoms with Crippen molar-refractivity contribution in [1.82, 2.24) is 0 Å². The van der Waals surface area contributed by atoms with E-state index in [1.54, 1.807) is 30.3 Å². The molecular weight excluding hydrogens is 327 g/mol. The minimum absolute atomic E-state index is 0.164. The Morgan fingerprint density at radius 1 is 1.04 bits per heavy atom. The lowest BCUT2D eigenvalue weighted by molar-refractivity contribution is 0.0880. The van der Waals surface area contributed by atoms with Crippen LogP contribution in [-0.2, 0) is 0 Å². The Hall–Kier alpha value is -2.16. The third-order valence-corrected chi connectivity index (χ3v) is 5.48. The van der Waals surface area contributed by atoms with Crippen LogP contribution < -0.4 is 4.74 Å². The third-order valence-electron chi connectivity index (χ3n) is 5.48. The first-order chi connectivity index (χ1) is 12.4. The monoisotopic (exact) mass is 354 g/mol. The van der Waals surface area contributed by atoms with E-state index in [9.17, 15) is 9.18 Å². The number of hydrogen-bond acceptors (Lipinski definition) is 2. The van der Waals surface area contributed by atoms with Crippen LogP contribution >= 0.6 is 0 Å². The van der Waals surface area contributed by atoms with Gasteiger partial charge in [-0.2, -0.15) is 0 Å². The van der Waals surface area contributed by atoms with Crippen LogP contribution in [0, 0.1) is 17.2 Å². The van der Waals surface area contributed by atoms with E-state index >= 15 is 0 Å². The molecule has 2 aromatic carbocycles. The van der Waals surface area contributed by atoms with E-state index < -0.39 is 0 Å². The summed E-state index contributed by atoms with van der Waals surface area (Å²) in [5.41, 5.74) is 2.06. The molecule has 3 rings (SSSR count). The number of hydrogen-bond donors (Lipinski definition) is 0. The van der Waals surface area contributed by atoms with E-state index in [-0.39, 0.29) is 11.9 Å². The molecule has 0 radical (unpaired) electrons. The van der Waals surface area contributed by atoms with Gasteiger partial charge in [-0.05, 0) is 60.8 Å². The summed E-state index contributed by atoms with van der Waals surface area (Å²) in [6.45, 7) is 6.89. The van der Waals surface area contributed by atoms with Crippen molar-refractivity contribution in [3.8, 4) is 16.9 Å². The van der Waals surface area contributed by atoms with Crippen molar-refractivity contribution < 1.29 is 13.9 Å². The average molecular weight is 354 g/mol. The van der Waals surface area contributed by atoms with Gasteiger partial charge in [-0.25, -0.2) is 4.39 Å². The number of carbonyl (C=O) groups excluding carboxylic acids is 1. The first-order valence-corrected chi connectivity index (χ1v) is 9.38. The second kappa shape index (κ2) is 7.61. The average Bonchev–Trinajstić information content (AvgIpc) is 2.61. The van der Waals surface area contributed by atoms with Crippen LogP contribution in [-0.4, -0.2) is 12.4 Å². The van der Waals surface area contributed by atoms with E-state index in [0.29, 0.717) is 27.9 Å². The largest absolute Gasteiger partial charge is 0.490 e. The molecule has 0 atom stereocenters. The fourth-order valence-corrected chi connectivity index (χ4v) is 3.82. The molecule has 0 heterocycles. The molecule has 1 aliphatic carbocycles. The molecule has 138 valence electrons. The molecule has 2 aromatic rings. The van der Waals surface area contributed by atoms with Gasteiger partial charge in [0.15, 0.2) is 0 Å². The molecule has 0 bridgehead atoms. The van der Waals surface area contributed by atoms with Crippen molar-refractivity contribution in [1.29, 1.82) is 0 Å². The summed E-state index contributed by atoms with van der Waals surface area (Å²) in [5, 5.41) is 0. The standard InChI is InChI=1S/C23H27FO2/c1-23(2,3)18-7-9-19(10-8-18)26-20-11-12-21(22(24)14-20)17-6-4-5-16(13-17)15-25/h4-6,11-15,18-19H,7-10H2,1-3H3. The lowest BCUT2D eigenvalue weighted by Gasteiger charge is -2.36. The fraction of sp³-hybridized carbons (Fsp3) is 0.435. The molecule has 0 saturated heterocycles. The molecule has 1 aliphatic rings. The highest BCUT2D eigenvalue weighted by molar-refractivity contribution is 5.79.